The molecule has 4 aromatic rings. The Labute approximate surface area is 207 Å². The first-order valence-corrected chi connectivity index (χ1v) is 12.1. The fourth-order valence-electron chi connectivity index (χ4n) is 4.88. The number of aliphatic hydroxyl groups excluding tert-OH is 1. The smallest absolute Gasteiger partial charge is 0.229 e. The highest BCUT2D eigenvalue weighted by Crippen LogP contribution is 2.31. The van der Waals surface area contributed by atoms with Gasteiger partial charge in [-0.1, -0.05) is 6.07 Å². The van der Waals surface area contributed by atoms with Crippen molar-refractivity contribution in [3.05, 3.63) is 59.7 Å². The molecule has 1 aliphatic rings. The van der Waals surface area contributed by atoms with E-state index >= 15 is 0 Å². The Morgan fingerprint density at radius 3 is 2.64 bits per heavy atom. The maximum atomic E-state index is 14.9. The van der Waals surface area contributed by atoms with E-state index in [9.17, 15) is 13.9 Å². The topological polar surface area (TPSA) is 101 Å². The van der Waals surface area contributed by atoms with Crippen molar-refractivity contribution in [2.75, 3.05) is 18.4 Å². The fraction of sp³-hybridized carbons (Fsp3) is 0.385. The molecule has 5 rings (SSSR count). The highest BCUT2D eigenvalue weighted by Gasteiger charge is 2.23. The Balaban J connectivity index is 1.41. The molecule has 1 aliphatic heterocycles. The van der Waals surface area contributed by atoms with Crippen LogP contribution in [-0.2, 0) is 0 Å². The number of imidazole rings is 1. The average Bonchev–Trinajstić information content (AvgIpc) is 3.22. The van der Waals surface area contributed by atoms with Gasteiger partial charge in [0.1, 0.15) is 22.9 Å². The minimum Gasteiger partial charge on any atom is -0.388 e. The number of nitrogens with zero attached hydrogens (tertiary/aromatic N) is 5. The first-order chi connectivity index (χ1) is 17.3. The molecule has 0 aliphatic carbocycles. The lowest BCUT2D eigenvalue weighted by Crippen LogP contribution is -2.33. The second-order valence-corrected chi connectivity index (χ2v) is 9.49. The third-order valence-corrected chi connectivity index (χ3v) is 6.61. The third-order valence-electron chi connectivity index (χ3n) is 6.61. The Kier molecular flexibility index (Phi) is 6.63. The summed E-state index contributed by atoms with van der Waals surface area (Å²) < 4.78 is 31.6. The maximum Gasteiger partial charge on any atom is 0.229 e. The standard InChI is InChI=1S/C26H29F2N7O/c1-14(2)35-15(3)32-24-19(27)9-18(10-21(24)35)23-20(28)13-31-26(34-23)33-22-7-6-17(12-30-22)25(36)16-5-4-8-29-11-16/h6-7,9-10,12-14,16,25,29,36H,4-5,8,11H2,1-3H3,(H,30,31,33,34). The molecule has 0 bridgehead atoms. The molecule has 2 unspecified atom stereocenters. The number of fused-ring (bicyclic) bond motifs is 1. The number of aryl methyl sites for hydroxylation is 1. The van der Waals surface area contributed by atoms with Crippen molar-refractivity contribution in [1.29, 1.82) is 0 Å². The van der Waals surface area contributed by atoms with E-state index in [1.165, 1.54) is 6.07 Å². The molecular formula is C26H29F2N7O. The fourth-order valence-corrected chi connectivity index (χ4v) is 4.88. The molecule has 1 fully saturated rings. The van der Waals surface area contributed by atoms with Gasteiger partial charge in [0.15, 0.2) is 11.6 Å². The van der Waals surface area contributed by atoms with Crippen molar-refractivity contribution in [2.24, 2.45) is 5.92 Å². The molecule has 188 valence electrons. The number of aliphatic hydroxyl groups is 1. The van der Waals surface area contributed by atoms with Crippen molar-refractivity contribution in [3.63, 3.8) is 0 Å². The zero-order valence-corrected chi connectivity index (χ0v) is 20.5. The van der Waals surface area contributed by atoms with Crippen LogP contribution in [0.4, 0.5) is 20.5 Å². The van der Waals surface area contributed by atoms with Crippen LogP contribution >= 0.6 is 0 Å². The van der Waals surface area contributed by atoms with E-state index < -0.39 is 17.7 Å². The Hall–Kier alpha value is -3.50. The first-order valence-electron chi connectivity index (χ1n) is 12.1. The minimum atomic E-state index is -0.667. The summed E-state index contributed by atoms with van der Waals surface area (Å²) in [5.41, 5.74) is 1.81. The Morgan fingerprint density at radius 1 is 1.11 bits per heavy atom. The lowest BCUT2D eigenvalue weighted by Gasteiger charge is -2.27. The van der Waals surface area contributed by atoms with Gasteiger partial charge in [0, 0.05) is 30.3 Å². The Bertz CT molecular complexity index is 1380. The van der Waals surface area contributed by atoms with Crippen LogP contribution in [0.25, 0.3) is 22.3 Å². The zero-order valence-electron chi connectivity index (χ0n) is 20.5. The summed E-state index contributed by atoms with van der Waals surface area (Å²) in [6, 6.07) is 6.51. The van der Waals surface area contributed by atoms with Crippen LogP contribution in [-0.4, -0.2) is 42.7 Å². The molecular weight excluding hydrogens is 464 g/mol. The molecule has 1 saturated heterocycles. The molecule has 0 radical (unpaired) electrons. The van der Waals surface area contributed by atoms with Crippen molar-refractivity contribution in [1.82, 2.24) is 29.8 Å². The van der Waals surface area contributed by atoms with Gasteiger partial charge in [0.05, 0.1) is 17.8 Å². The minimum absolute atomic E-state index is 0.0284. The summed E-state index contributed by atoms with van der Waals surface area (Å²) in [4.78, 5) is 17.0. The second-order valence-electron chi connectivity index (χ2n) is 9.49. The van der Waals surface area contributed by atoms with Crippen molar-refractivity contribution in [2.45, 2.75) is 45.8 Å². The average molecular weight is 494 g/mol. The van der Waals surface area contributed by atoms with Crippen LogP contribution in [0.5, 0.6) is 0 Å². The van der Waals surface area contributed by atoms with E-state index in [0.29, 0.717) is 17.2 Å². The first kappa shape index (κ1) is 24.2. The summed E-state index contributed by atoms with van der Waals surface area (Å²) in [5.74, 6) is 0.190. The molecule has 10 heteroatoms. The largest absolute Gasteiger partial charge is 0.388 e. The summed E-state index contributed by atoms with van der Waals surface area (Å²) in [5, 5.41) is 16.9. The molecule has 4 heterocycles. The molecule has 0 spiro atoms. The number of anilines is 2. The van der Waals surface area contributed by atoms with Crippen LogP contribution in [0.15, 0.2) is 36.7 Å². The lowest BCUT2D eigenvalue weighted by molar-refractivity contribution is 0.0919. The number of halogens is 2. The maximum absolute atomic E-state index is 14.9. The molecule has 8 nitrogen and oxygen atoms in total. The quantitative estimate of drug-likeness (QED) is 0.354. The predicted molar refractivity (Wildman–Crippen MR) is 134 cm³/mol. The Morgan fingerprint density at radius 2 is 1.94 bits per heavy atom. The molecule has 0 saturated carbocycles. The number of benzene rings is 1. The highest BCUT2D eigenvalue weighted by molar-refractivity contribution is 5.83. The number of nitrogens with one attached hydrogen (secondary N) is 2. The van der Waals surface area contributed by atoms with Crippen LogP contribution in [0, 0.1) is 24.5 Å². The second kappa shape index (κ2) is 9.87. The molecule has 0 amide bonds. The number of pyridine rings is 1. The van der Waals surface area contributed by atoms with E-state index in [-0.39, 0.29) is 34.7 Å². The van der Waals surface area contributed by atoms with E-state index in [1.807, 2.05) is 25.3 Å². The van der Waals surface area contributed by atoms with Crippen molar-refractivity contribution >= 4 is 22.8 Å². The van der Waals surface area contributed by atoms with Crippen LogP contribution in [0.1, 0.15) is 50.2 Å². The van der Waals surface area contributed by atoms with Gasteiger partial charge in [-0.3, -0.25) is 0 Å². The van der Waals surface area contributed by atoms with E-state index in [2.05, 4.69) is 30.6 Å². The molecule has 3 aromatic heterocycles. The number of piperidine rings is 1. The van der Waals surface area contributed by atoms with Gasteiger partial charge in [0.25, 0.3) is 0 Å². The number of hydrogen-bond donors (Lipinski definition) is 3. The van der Waals surface area contributed by atoms with Crippen LogP contribution in [0.2, 0.25) is 0 Å². The van der Waals surface area contributed by atoms with Crippen LogP contribution < -0.4 is 10.6 Å². The highest BCUT2D eigenvalue weighted by atomic mass is 19.1. The van der Waals surface area contributed by atoms with Gasteiger partial charge in [-0.15, -0.1) is 0 Å². The number of rotatable bonds is 6. The van der Waals surface area contributed by atoms with E-state index in [0.717, 1.165) is 37.7 Å². The zero-order chi connectivity index (χ0) is 25.4. The van der Waals surface area contributed by atoms with Gasteiger partial charge < -0.3 is 20.3 Å². The third kappa shape index (κ3) is 4.66. The SMILES string of the molecule is Cc1nc2c(F)cc(-c3nc(Nc4ccc(C(O)C5CCCNC5)cn4)ncc3F)cc2n1C(C)C. The molecule has 1 aromatic carbocycles. The van der Waals surface area contributed by atoms with Gasteiger partial charge in [-0.2, -0.15) is 0 Å². The van der Waals surface area contributed by atoms with Gasteiger partial charge in [-0.25, -0.2) is 28.7 Å². The molecule has 36 heavy (non-hydrogen) atoms. The van der Waals surface area contributed by atoms with Crippen molar-refractivity contribution in [3.8, 4) is 11.3 Å². The lowest BCUT2D eigenvalue weighted by atomic mass is 9.90. The van der Waals surface area contributed by atoms with Gasteiger partial charge in [0.2, 0.25) is 5.95 Å². The monoisotopic (exact) mass is 493 g/mol. The normalized spacial score (nSPS) is 17.0. The van der Waals surface area contributed by atoms with Crippen LogP contribution in [0.3, 0.4) is 0 Å². The molecule has 3 N–H and O–H groups in total. The summed E-state index contributed by atoms with van der Waals surface area (Å²) in [6.45, 7) is 7.53. The van der Waals surface area contributed by atoms with Gasteiger partial charge >= 0.3 is 0 Å². The summed E-state index contributed by atoms with van der Waals surface area (Å²) in [7, 11) is 0. The number of aromatic nitrogens is 5. The number of hydrogen-bond acceptors (Lipinski definition) is 7. The molecule has 2 atom stereocenters. The van der Waals surface area contributed by atoms with Gasteiger partial charge in [-0.05, 0) is 63.9 Å². The summed E-state index contributed by atoms with van der Waals surface area (Å²) in [6.07, 6.45) is 4.07. The van der Waals surface area contributed by atoms with E-state index in [4.69, 9.17) is 0 Å². The predicted octanol–water partition coefficient (Wildman–Crippen LogP) is 4.83. The van der Waals surface area contributed by atoms with E-state index in [1.54, 1.807) is 24.4 Å². The van der Waals surface area contributed by atoms with Crippen molar-refractivity contribution < 1.29 is 13.9 Å². The summed E-state index contributed by atoms with van der Waals surface area (Å²) >= 11 is 0.